The molecule has 23 heavy (non-hydrogen) atoms. The van der Waals surface area contributed by atoms with Gasteiger partial charge in [-0.3, -0.25) is 0 Å². The topological polar surface area (TPSA) is 0 Å². The zero-order chi connectivity index (χ0) is 16.3. The molecule has 0 atom stereocenters. The molecule has 0 saturated heterocycles. The summed E-state index contributed by atoms with van der Waals surface area (Å²) in [4.78, 5) is 0. The Morgan fingerprint density at radius 1 is 0.609 bits per heavy atom. The van der Waals surface area contributed by atoms with Crippen LogP contribution in [0.5, 0.6) is 0 Å². The molecule has 0 aromatic heterocycles. The number of rotatable bonds is 1. The summed E-state index contributed by atoms with van der Waals surface area (Å²) in [5, 5.41) is 2.63. The normalized spacial score (nSPS) is 9.83. The molecule has 0 unspecified atom stereocenters. The third-order valence-electron chi connectivity index (χ3n) is 4.36. The largest absolute Gasteiger partial charge is 0.0683 e. The van der Waals surface area contributed by atoms with E-state index in [0.29, 0.717) is 0 Å². The van der Waals surface area contributed by atoms with E-state index in [9.17, 15) is 0 Å². The van der Waals surface area contributed by atoms with Gasteiger partial charge in [-0.15, -0.1) is 0 Å². The van der Waals surface area contributed by atoms with Gasteiger partial charge in [-0.2, -0.15) is 0 Å². The molecule has 1 heteroatoms. The molecule has 0 nitrogen and oxygen atoms in total. The Morgan fingerprint density at radius 3 is 1.91 bits per heavy atom. The minimum absolute atomic E-state index is 0. The Bertz CT molecular complexity index is 800. The molecule has 120 valence electrons. The molecule has 3 rings (SSSR count). The van der Waals surface area contributed by atoms with Crippen LogP contribution in [0.1, 0.15) is 36.1 Å². The Morgan fingerprint density at radius 2 is 1.22 bits per heavy atom. The third kappa shape index (κ3) is 4.12. The van der Waals surface area contributed by atoms with Gasteiger partial charge in [0.05, 0.1) is 0 Å². The molecule has 0 aliphatic heterocycles. The van der Waals surface area contributed by atoms with Crippen LogP contribution in [0, 0.1) is 27.7 Å². The van der Waals surface area contributed by atoms with Gasteiger partial charge in [0.15, 0.2) is 0 Å². The van der Waals surface area contributed by atoms with Gasteiger partial charge < -0.3 is 0 Å². The van der Waals surface area contributed by atoms with Crippen molar-refractivity contribution in [2.75, 3.05) is 0 Å². The summed E-state index contributed by atoms with van der Waals surface area (Å²) in [6.07, 6.45) is 0. The second-order valence-corrected chi connectivity index (χ2v) is 5.75. The fraction of sp³-hybridized carbons (Fsp3) is 0.273. The molecular weight excluding hydrogens is 448 g/mol. The summed E-state index contributed by atoms with van der Waals surface area (Å²) in [7, 11) is 0. The van der Waals surface area contributed by atoms with Crippen molar-refractivity contribution < 1.29 is 21.1 Å². The van der Waals surface area contributed by atoms with Crippen molar-refractivity contribution in [3.05, 3.63) is 70.8 Å². The summed E-state index contributed by atoms with van der Waals surface area (Å²) in [5.41, 5.74) is 8.11. The van der Waals surface area contributed by atoms with Crippen molar-refractivity contribution in [3.63, 3.8) is 0 Å². The van der Waals surface area contributed by atoms with E-state index in [-0.39, 0.29) is 21.1 Å². The van der Waals surface area contributed by atoms with E-state index in [1.54, 1.807) is 0 Å². The molecule has 0 bridgehead atoms. The van der Waals surface area contributed by atoms with Crippen LogP contribution in [0.25, 0.3) is 21.9 Å². The molecule has 0 aliphatic carbocycles. The monoisotopic (exact) mass is 474 g/mol. The minimum Gasteiger partial charge on any atom is -0.0683 e. The van der Waals surface area contributed by atoms with Crippen LogP contribution in [0.2, 0.25) is 0 Å². The van der Waals surface area contributed by atoms with Crippen molar-refractivity contribution in [1.29, 1.82) is 0 Å². The number of hydrogen-bond donors (Lipinski definition) is 0. The molecule has 0 saturated carbocycles. The molecular formula is C22H26W. The van der Waals surface area contributed by atoms with Crippen molar-refractivity contribution in [3.8, 4) is 11.1 Å². The summed E-state index contributed by atoms with van der Waals surface area (Å²) in [5.74, 6) is 0. The quantitative estimate of drug-likeness (QED) is 0.366. The third-order valence-corrected chi connectivity index (χ3v) is 4.36. The van der Waals surface area contributed by atoms with Gasteiger partial charge >= 0.3 is 0 Å². The van der Waals surface area contributed by atoms with Gasteiger partial charge in [-0.25, -0.2) is 0 Å². The number of hydrogen-bond acceptors (Lipinski definition) is 0. The predicted octanol–water partition coefficient (Wildman–Crippen LogP) is 6.76. The van der Waals surface area contributed by atoms with E-state index in [1.807, 2.05) is 13.8 Å². The smallest absolute Gasteiger partial charge is 0 e. The van der Waals surface area contributed by atoms with Gasteiger partial charge in [-0.1, -0.05) is 61.9 Å². The molecule has 0 heterocycles. The maximum Gasteiger partial charge on any atom is 0 e. The fourth-order valence-corrected chi connectivity index (χ4v) is 2.80. The van der Waals surface area contributed by atoms with E-state index in [4.69, 9.17) is 0 Å². The van der Waals surface area contributed by atoms with Crippen molar-refractivity contribution in [2.45, 2.75) is 41.5 Å². The van der Waals surface area contributed by atoms with E-state index < -0.39 is 0 Å². The molecule has 0 N–H and O–H groups in total. The van der Waals surface area contributed by atoms with Crippen LogP contribution >= 0.6 is 0 Å². The zero-order valence-electron chi connectivity index (χ0n) is 15.0. The van der Waals surface area contributed by atoms with E-state index >= 15 is 0 Å². The molecule has 0 amide bonds. The standard InChI is InChI=1S/C20H20.C2H6.W/c1-13-5-7-18-12-19(9-8-17(18)11-13)20-10-6-14(2)15(3)16(20)4;1-2;/h5-12H,1-4H3;1-2H3;. The van der Waals surface area contributed by atoms with Crippen LogP contribution in [-0.4, -0.2) is 0 Å². The Hall–Kier alpha value is -1.39. The number of aryl methyl sites for hydroxylation is 2. The molecule has 0 spiro atoms. The first-order valence-corrected chi connectivity index (χ1v) is 8.14. The van der Waals surface area contributed by atoms with Gasteiger partial charge in [0.2, 0.25) is 0 Å². The molecule has 3 aromatic carbocycles. The average molecular weight is 474 g/mol. The second kappa shape index (κ2) is 8.46. The Balaban J connectivity index is 0.000000849. The van der Waals surface area contributed by atoms with Gasteiger partial charge in [0.25, 0.3) is 0 Å². The first kappa shape index (κ1) is 19.7. The molecule has 3 aromatic rings. The van der Waals surface area contributed by atoms with Gasteiger partial charge in [-0.05, 0) is 72.4 Å². The zero-order valence-corrected chi connectivity index (χ0v) is 18.0. The molecule has 0 aliphatic rings. The van der Waals surface area contributed by atoms with Crippen molar-refractivity contribution in [1.82, 2.24) is 0 Å². The maximum atomic E-state index is 2.30. The summed E-state index contributed by atoms with van der Waals surface area (Å²) >= 11 is 0. The maximum absolute atomic E-state index is 2.30. The minimum atomic E-state index is 0. The fourth-order valence-electron chi connectivity index (χ4n) is 2.80. The molecule has 0 radical (unpaired) electrons. The summed E-state index contributed by atoms with van der Waals surface area (Å²) < 4.78 is 0. The second-order valence-electron chi connectivity index (χ2n) is 5.75. The van der Waals surface area contributed by atoms with Gasteiger partial charge in [0.1, 0.15) is 0 Å². The van der Waals surface area contributed by atoms with Gasteiger partial charge in [0, 0.05) is 21.1 Å². The first-order valence-electron chi connectivity index (χ1n) is 8.14. The SMILES string of the molecule is CC.Cc1ccc2cc(-c3ccc(C)c(C)c3C)ccc2c1.[W]. The van der Waals surface area contributed by atoms with Crippen LogP contribution in [0.4, 0.5) is 0 Å². The average Bonchev–Trinajstić information content (AvgIpc) is 2.54. The predicted molar refractivity (Wildman–Crippen MR) is 99.7 cm³/mol. The van der Waals surface area contributed by atoms with Crippen molar-refractivity contribution in [2.24, 2.45) is 0 Å². The summed E-state index contributed by atoms with van der Waals surface area (Å²) in [6.45, 7) is 12.7. The molecule has 0 fully saturated rings. The Labute approximate surface area is 155 Å². The van der Waals surface area contributed by atoms with Crippen LogP contribution in [0.15, 0.2) is 48.5 Å². The van der Waals surface area contributed by atoms with E-state index in [2.05, 4.69) is 76.2 Å². The van der Waals surface area contributed by atoms with Crippen molar-refractivity contribution >= 4 is 10.8 Å². The van der Waals surface area contributed by atoms with E-state index in [1.165, 1.54) is 44.2 Å². The first-order chi connectivity index (χ1) is 10.6. The van der Waals surface area contributed by atoms with Crippen LogP contribution < -0.4 is 0 Å². The summed E-state index contributed by atoms with van der Waals surface area (Å²) in [6, 6.07) is 17.9. The van der Waals surface area contributed by atoms with E-state index in [0.717, 1.165) is 0 Å². The van der Waals surface area contributed by atoms with Crippen LogP contribution in [-0.2, 0) is 21.1 Å². The Kier molecular flexibility index (Phi) is 7.23. The number of fused-ring (bicyclic) bond motifs is 1. The number of benzene rings is 3. The van der Waals surface area contributed by atoms with Crippen LogP contribution in [0.3, 0.4) is 0 Å².